The summed E-state index contributed by atoms with van der Waals surface area (Å²) in [5, 5.41) is 4.11. The third-order valence-corrected chi connectivity index (χ3v) is 8.95. The number of aromatic nitrogens is 3. The zero-order chi connectivity index (χ0) is 26.5. The molecule has 0 saturated carbocycles. The Bertz CT molecular complexity index is 1360. The molecule has 0 unspecified atom stereocenters. The first kappa shape index (κ1) is 26.7. The average Bonchev–Trinajstić information content (AvgIpc) is 3.36. The molecule has 2 aromatic heterocycles. The molecule has 2 N–H and O–H groups in total. The van der Waals surface area contributed by atoms with Crippen LogP contribution in [-0.2, 0) is 19.5 Å². The van der Waals surface area contributed by atoms with E-state index in [9.17, 15) is 8.42 Å². The SMILES string of the molecule is CCCS(=O)(=O)Nc1cccc(-c2nc(N3CCOCC3)sc2-c2ccnc(NC3CCOCC3)n2)c1F. The Labute approximate surface area is 225 Å². The summed E-state index contributed by atoms with van der Waals surface area (Å²) in [6.07, 6.45) is 3.83. The van der Waals surface area contributed by atoms with Gasteiger partial charge in [0.2, 0.25) is 16.0 Å². The Morgan fingerprint density at radius 1 is 1.11 bits per heavy atom. The molecule has 10 nitrogen and oxygen atoms in total. The molecule has 0 amide bonds. The van der Waals surface area contributed by atoms with Crippen molar-refractivity contribution in [1.29, 1.82) is 0 Å². The van der Waals surface area contributed by atoms with Crippen LogP contribution in [0.4, 0.5) is 21.2 Å². The van der Waals surface area contributed by atoms with E-state index in [1.807, 2.05) is 0 Å². The number of thiazole rings is 1. The van der Waals surface area contributed by atoms with Crippen LogP contribution >= 0.6 is 11.3 Å². The van der Waals surface area contributed by atoms with E-state index < -0.39 is 15.8 Å². The van der Waals surface area contributed by atoms with Gasteiger partial charge in [-0.05, 0) is 37.5 Å². The van der Waals surface area contributed by atoms with Gasteiger partial charge in [-0.15, -0.1) is 0 Å². The molecule has 4 heterocycles. The zero-order valence-electron chi connectivity index (χ0n) is 21.2. The van der Waals surface area contributed by atoms with Crippen molar-refractivity contribution in [2.45, 2.75) is 32.2 Å². The highest BCUT2D eigenvalue weighted by Gasteiger charge is 2.25. The molecule has 0 atom stereocenters. The first-order chi connectivity index (χ1) is 18.4. The summed E-state index contributed by atoms with van der Waals surface area (Å²) in [6, 6.07) is 6.64. The lowest BCUT2D eigenvalue weighted by Crippen LogP contribution is -2.36. The van der Waals surface area contributed by atoms with Gasteiger partial charge in [0.25, 0.3) is 0 Å². The fourth-order valence-electron chi connectivity index (χ4n) is 4.42. The van der Waals surface area contributed by atoms with Crippen molar-refractivity contribution in [1.82, 2.24) is 15.0 Å². The number of anilines is 3. The van der Waals surface area contributed by atoms with Gasteiger partial charge >= 0.3 is 0 Å². The minimum Gasteiger partial charge on any atom is -0.381 e. The van der Waals surface area contributed by atoms with E-state index in [1.54, 1.807) is 31.3 Å². The highest BCUT2D eigenvalue weighted by molar-refractivity contribution is 7.92. The minimum absolute atomic E-state index is 0.0936. The highest BCUT2D eigenvalue weighted by Crippen LogP contribution is 2.42. The van der Waals surface area contributed by atoms with E-state index in [0.717, 1.165) is 18.0 Å². The monoisotopic (exact) mass is 562 g/mol. The zero-order valence-corrected chi connectivity index (χ0v) is 22.8. The number of hydrogen-bond donors (Lipinski definition) is 2. The summed E-state index contributed by atoms with van der Waals surface area (Å²) < 4.78 is 53.8. The molecular weight excluding hydrogens is 531 g/mol. The highest BCUT2D eigenvalue weighted by atomic mass is 32.2. The maximum atomic E-state index is 15.8. The fourth-order valence-corrected chi connectivity index (χ4v) is 6.65. The lowest BCUT2D eigenvalue weighted by Gasteiger charge is -2.26. The standard InChI is InChI=1S/C25H31FN6O4S2/c1-2-16-38(33,34)31-19-5-3-4-18(21(19)26)22-23(37-25(30-22)32-10-14-36-15-11-32)20-6-9-27-24(29-20)28-17-7-12-35-13-8-17/h3-6,9,17,31H,2,7-8,10-16H2,1H3,(H,27,28,29). The van der Waals surface area contributed by atoms with Crippen molar-refractivity contribution >= 4 is 38.1 Å². The third-order valence-electron chi connectivity index (χ3n) is 6.33. The molecule has 1 aromatic carbocycles. The van der Waals surface area contributed by atoms with Crippen LogP contribution in [0.2, 0.25) is 0 Å². The summed E-state index contributed by atoms with van der Waals surface area (Å²) in [7, 11) is -3.67. The Kier molecular flexibility index (Phi) is 8.36. The normalized spacial score (nSPS) is 16.9. The van der Waals surface area contributed by atoms with Crippen molar-refractivity contribution in [3.63, 3.8) is 0 Å². The fraction of sp³-hybridized carbons (Fsp3) is 0.480. The van der Waals surface area contributed by atoms with Gasteiger partial charge in [0.1, 0.15) is 0 Å². The smallest absolute Gasteiger partial charge is 0.232 e. The second-order valence-electron chi connectivity index (χ2n) is 9.16. The number of rotatable bonds is 9. The quantitative estimate of drug-likeness (QED) is 0.399. The molecule has 2 aliphatic rings. The van der Waals surface area contributed by atoms with E-state index in [-0.39, 0.29) is 23.0 Å². The number of benzene rings is 1. The van der Waals surface area contributed by atoms with Gasteiger partial charge in [-0.1, -0.05) is 24.3 Å². The number of nitrogens with zero attached hydrogens (tertiary/aromatic N) is 4. The Morgan fingerprint density at radius 2 is 1.87 bits per heavy atom. The molecule has 0 bridgehead atoms. The van der Waals surface area contributed by atoms with Crippen molar-refractivity contribution in [3.05, 3.63) is 36.3 Å². The number of morpholine rings is 1. The van der Waals surface area contributed by atoms with Crippen LogP contribution in [0.15, 0.2) is 30.5 Å². The van der Waals surface area contributed by atoms with E-state index in [4.69, 9.17) is 19.4 Å². The summed E-state index contributed by atoms with van der Waals surface area (Å²) in [4.78, 5) is 16.8. The first-order valence-corrected chi connectivity index (χ1v) is 15.2. The Morgan fingerprint density at radius 3 is 2.63 bits per heavy atom. The molecule has 3 aromatic rings. The summed E-state index contributed by atoms with van der Waals surface area (Å²) in [5.41, 5.74) is 1.11. The molecule has 0 aliphatic carbocycles. The van der Waals surface area contributed by atoms with Crippen LogP contribution in [-0.4, -0.2) is 74.7 Å². The number of nitrogens with one attached hydrogen (secondary N) is 2. The summed E-state index contributed by atoms with van der Waals surface area (Å²) in [5.74, 6) is -0.283. The molecule has 2 aliphatic heterocycles. The second kappa shape index (κ2) is 11.9. The van der Waals surface area contributed by atoms with Crippen molar-refractivity contribution in [2.75, 3.05) is 60.2 Å². The van der Waals surface area contributed by atoms with Crippen LogP contribution in [0.3, 0.4) is 0 Å². The molecule has 0 radical (unpaired) electrons. The molecular formula is C25H31FN6O4S2. The molecule has 13 heteroatoms. The van der Waals surface area contributed by atoms with E-state index in [0.29, 0.717) is 68.2 Å². The van der Waals surface area contributed by atoms with Gasteiger partial charge in [-0.2, -0.15) is 0 Å². The largest absolute Gasteiger partial charge is 0.381 e. The van der Waals surface area contributed by atoms with Gasteiger partial charge in [0.05, 0.1) is 40.9 Å². The van der Waals surface area contributed by atoms with Crippen molar-refractivity contribution in [2.24, 2.45) is 0 Å². The van der Waals surface area contributed by atoms with E-state index >= 15 is 4.39 Å². The van der Waals surface area contributed by atoms with Gasteiger partial charge in [-0.3, -0.25) is 4.72 Å². The maximum absolute atomic E-state index is 15.8. The minimum atomic E-state index is -3.67. The topological polar surface area (TPSA) is 119 Å². The predicted octanol–water partition coefficient (Wildman–Crippen LogP) is 3.99. The van der Waals surface area contributed by atoms with Gasteiger partial charge in [0.15, 0.2) is 10.9 Å². The van der Waals surface area contributed by atoms with Gasteiger partial charge < -0.3 is 19.7 Å². The molecule has 5 rings (SSSR count). The number of halogens is 1. The molecule has 0 spiro atoms. The Balaban J connectivity index is 1.54. The van der Waals surface area contributed by atoms with Crippen molar-refractivity contribution < 1.29 is 22.3 Å². The summed E-state index contributed by atoms with van der Waals surface area (Å²) in [6.45, 7) is 5.65. The molecule has 38 heavy (non-hydrogen) atoms. The van der Waals surface area contributed by atoms with Gasteiger partial charge in [0, 0.05) is 44.1 Å². The lowest BCUT2D eigenvalue weighted by molar-refractivity contribution is 0.0903. The van der Waals surface area contributed by atoms with Crippen LogP contribution in [0.25, 0.3) is 21.8 Å². The Hall–Kier alpha value is -2.87. The van der Waals surface area contributed by atoms with E-state index in [1.165, 1.54) is 17.4 Å². The number of sulfonamides is 1. The maximum Gasteiger partial charge on any atom is 0.232 e. The second-order valence-corrected chi connectivity index (χ2v) is 12.0. The van der Waals surface area contributed by atoms with Gasteiger partial charge in [-0.25, -0.2) is 27.8 Å². The van der Waals surface area contributed by atoms with E-state index in [2.05, 4.69) is 19.9 Å². The van der Waals surface area contributed by atoms with Crippen LogP contribution < -0.4 is 14.9 Å². The third kappa shape index (κ3) is 6.22. The molecule has 2 saturated heterocycles. The molecule has 2 fully saturated rings. The summed E-state index contributed by atoms with van der Waals surface area (Å²) >= 11 is 1.42. The predicted molar refractivity (Wildman–Crippen MR) is 147 cm³/mol. The van der Waals surface area contributed by atoms with Crippen LogP contribution in [0, 0.1) is 5.82 Å². The van der Waals surface area contributed by atoms with Crippen LogP contribution in [0.1, 0.15) is 26.2 Å². The number of hydrogen-bond acceptors (Lipinski definition) is 10. The number of ether oxygens (including phenoxy) is 2. The molecule has 204 valence electrons. The van der Waals surface area contributed by atoms with Crippen LogP contribution in [0.5, 0.6) is 0 Å². The first-order valence-electron chi connectivity index (χ1n) is 12.7. The average molecular weight is 563 g/mol. The van der Waals surface area contributed by atoms with Crippen molar-refractivity contribution in [3.8, 4) is 21.8 Å². The lowest BCUT2D eigenvalue weighted by atomic mass is 10.1.